The summed E-state index contributed by atoms with van der Waals surface area (Å²) in [7, 11) is 0. The summed E-state index contributed by atoms with van der Waals surface area (Å²) in [5.41, 5.74) is -1.85. The quantitative estimate of drug-likeness (QED) is 0.495. The van der Waals surface area contributed by atoms with Gasteiger partial charge in [0.2, 0.25) is 0 Å². The molecule has 0 aliphatic carbocycles. The minimum Gasteiger partial charge on any atom is -0.478 e. The number of carbonyl (C=O) groups is 4. The van der Waals surface area contributed by atoms with Crippen LogP contribution in [0, 0.1) is 0 Å². The third-order valence-corrected chi connectivity index (χ3v) is 2.49. The van der Waals surface area contributed by atoms with Gasteiger partial charge in [-0.3, -0.25) is 14.4 Å². The second-order valence-electron chi connectivity index (χ2n) is 4.30. The standard InChI is InChI=1S/C13H10F3NO6/c1-5(18)7-3-8(11(20)21)9(4-10(7)23-6(2)19)17-12(22)13(14,15)16/h3-4H,1-2H3,(H,17,22)(H,20,21). The summed E-state index contributed by atoms with van der Waals surface area (Å²) in [6, 6.07) is 1.39. The third-order valence-electron chi connectivity index (χ3n) is 2.49. The van der Waals surface area contributed by atoms with Crippen molar-refractivity contribution in [3.8, 4) is 5.75 Å². The number of alkyl halides is 3. The fourth-order valence-electron chi connectivity index (χ4n) is 1.57. The predicted molar refractivity (Wildman–Crippen MR) is 69.4 cm³/mol. The molecule has 0 aliphatic rings. The van der Waals surface area contributed by atoms with E-state index in [2.05, 4.69) is 4.74 Å². The number of benzene rings is 1. The van der Waals surface area contributed by atoms with E-state index in [4.69, 9.17) is 5.11 Å². The van der Waals surface area contributed by atoms with Crippen LogP contribution in [0.1, 0.15) is 34.6 Å². The van der Waals surface area contributed by atoms with Gasteiger partial charge in [-0.25, -0.2) is 4.79 Å². The highest BCUT2D eigenvalue weighted by atomic mass is 19.4. The number of carbonyl (C=O) groups excluding carboxylic acids is 3. The Bertz CT molecular complexity index is 696. The predicted octanol–water partition coefficient (Wildman–Crippen LogP) is 2.01. The van der Waals surface area contributed by atoms with E-state index in [9.17, 15) is 32.3 Å². The number of ketones is 1. The number of hydrogen-bond donors (Lipinski definition) is 2. The SMILES string of the molecule is CC(=O)Oc1cc(NC(=O)C(F)(F)F)c(C(=O)O)cc1C(C)=O. The first-order valence-electron chi connectivity index (χ1n) is 5.92. The highest BCUT2D eigenvalue weighted by molar-refractivity contribution is 6.06. The zero-order valence-electron chi connectivity index (χ0n) is 11.8. The van der Waals surface area contributed by atoms with Crippen LogP contribution in [0.2, 0.25) is 0 Å². The van der Waals surface area contributed by atoms with Gasteiger partial charge in [-0.15, -0.1) is 0 Å². The number of ether oxygens (including phenoxy) is 1. The molecule has 23 heavy (non-hydrogen) atoms. The average molecular weight is 333 g/mol. The Morgan fingerprint density at radius 3 is 2.04 bits per heavy atom. The fraction of sp³-hybridized carbons (Fsp3) is 0.231. The van der Waals surface area contributed by atoms with E-state index in [1.807, 2.05) is 0 Å². The van der Waals surface area contributed by atoms with Crippen LogP contribution >= 0.6 is 0 Å². The molecule has 1 rings (SSSR count). The molecule has 124 valence electrons. The molecule has 1 aromatic carbocycles. The summed E-state index contributed by atoms with van der Waals surface area (Å²) >= 11 is 0. The Morgan fingerprint density at radius 2 is 1.65 bits per heavy atom. The van der Waals surface area contributed by atoms with E-state index in [1.165, 1.54) is 5.32 Å². The van der Waals surface area contributed by atoms with Crippen molar-refractivity contribution in [2.75, 3.05) is 5.32 Å². The topological polar surface area (TPSA) is 110 Å². The van der Waals surface area contributed by atoms with Gasteiger partial charge in [0.1, 0.15) is 5.75 Å². The molecule has 1 amide bonds. The van der Waals surface area contributed by atoms with Crippen LogP contribution in [-0.4, -0.2) is 34.9 Å². The Kier molecular flexibility index (Phi) is 5.10. The fourth-order valence-corrected chi connectivity index (χ4v) is 1.57. The van der Waals surface area contributed by atoms with Gasteiger partial charge in [0, 0.05) is 13.0 Å². The first-order valence-corrected chi connectivity index (χ1v) is 5.92. The lowest BCUT2D eigenvalue weighted by molar-refractivity contribution is -0.167. The minimum absolute atomic E-state index is 0.331. The highest BCUT2D eigenvalue weighted by Gasteiger charge is 2.39. The summed E-state index contributed by atoms with van der Waals surface area (Å²) in [5, 5.41) is 10.4. The van der Waals surface area contributed by atoms with E-state index in [0.29, 0.717) is 6.07 Å². The number of anilines is 1. The number of rotatable bonds is 4. The maximum atomic E-state index is 12.3. The van der Waals surface area contributed by atoms with Crippen molar-refractivity contribution in [2.45, 2.75) is 20.0 Å². The molecule has 0 fully saturated rings. The van der Waals surface area contributed by atoms with Crippen molar-refractivity contribution in [2.24, 2.45) is 0 Å². The van der Waals surface area contributed by atoms with Crippen LogP contribution in [0.3, 0.4) is 0 Å². The largest absolute Gasteiger partial charge is 0.478 e. The number of carboxylic acids is 1. The van der Waals surface area contributed by atoms with Gasteiger partial charge < -0.3 is 15.2 Å². The van der Waals surface area contributed by atoms with E-state index < -0.39 is 46.8 Å². The molecule has 7 nitrogen and oxygen atoms in total. The molecule has 0 unspecified atom stereocenters. The number of Topliss-reactive ketones (excluding diaryl/α,β-unsaturated/α-hetero) is 1. The second kappa shape index (κ2) is 6.46. The van der Waals surface area contributed by atoms with Crippen molar-refractivity contribution >= 4 is 29.3 Å². The van der Waals surface area contributed by atoms with Crippen LogP contribution in [0.5, 0.6) is 5.75 Å². The molecule has 0 aromatic heterocycles. The van der Waals surface area contributed by atoms with Crippen LogP contribution in [0.25, 0.3) is 0 Å². The molecule has 10 heteroatoms. The van der Waals surface area contributed by atoms with E-state index in [0.717, 1.165) is 19.9 Å². The Morgan fingerprint density at radius 1 is 1.09 bits per heavy atom. The van der Waals surface area contributed by atoms with E-state index >= 15 is 0 Å². The number of amides is 1. The van der Waals surface area contributed by atoms with Gasteiger partial charge >= 0.3 is 24.0 Å². The molecule has 0 spiro atoms. The van der Waals surface area contributed by atoms with Gasteiger partial charge in [0.25, 0.3) is 0 Å². The normalized spacial score (nSPS) is 10.8. The van der Waals surface area contributed by atoms with Crippen LogP contribution in [-0.2, 0) is 9.59 Å². The number of nitrogens with one attached hydrogen (secondary N) is 1. The maximum Gasteiger partial charge on any atom is 0.471 e. The lowest BCUT2D eigenvalue weighted by atomic mass is 10.0. The maximum absolute atomic E-state index is 12.3. The van der Waals surface area contributed by atoms with Crippen molar-refractivity contribution in [1.29, 1.82) is 0 Å². The highest BCUT2D eigenvalue weighted by Crippen LogP contribution is 2.30. The summed E-state index contributed by atoms with van der Waals surface area (Å²) in [4.78, 5) is 44.5. The van der Waals surface area contributed by atoms with Gasteiger partial charge in [-0.05, 0) is 13.0 Å². The minimum atomic E-state index is -5.25. The number of halogens is 3. The molecule has 0 atom stereocenters. The smallest absolute Gasteiger partial charge is 0.471 e. The number of esters is 1. The van der Waals surface area contributed by atoms with Crippen molar-refractivity contribution in [3.05, 3.63) is 23.3 Å². The summed E-state index contributed by atoms with van der Waals surface area (Å²) in [6.07, 6.45) is -5.25. The van der Waals surface area contributed by atoms with Gasteiger partial charge in [-0.2, -0.15) is 13.2 Å². The molecular formula is C13H10F3NO6. The molecular weight excluding hydrogens is 323 g/mol. The Labute approximate surface area is 127 Å². The zero-order valence-corrected chi connectivity index (χ0v) is 11.8. The molecule has 0 bridgehead atoms. The Balaban J connectivity index is 3.48. The van der Waals surface area contributed by atoms with Crippen LogP contribution in [0.4, 0.5) is 18.9 Å². The lowest BCUT2D eigenvalue weighted by Crippen LogP contribution is -2.30. The van der Waals surface area contributed by atoms with E-state index in [-0.39, 0.29) is 5.56 Å². The number of hydrogen-bond acceptors (Lipinski definition) is 5. The third kappa shape index (κ3) is 4.53. The molecule has 0 saturated heterocycles. The summed E-state index contributed by atoms with van der Waals surface area (Å²) < 4.78 is 41.5. The monoisotopic (exact) mass is 333 g/mol. The summed E-state index contributed by atoms with van der Waals surface area (Å²) in [6.45, 7) is 2.02. The van der Waals surface area contributed by atoms with Crippen molar-refractivity contribution in [1.82, 2.24) is 0 Å². The van der Waals surface area contributed by atoms with Crippen molar-refractivity contribution in [3.63, 3.8) is 0 Å². The molecule has 1 aromatic rings. The van der Waals surface area contributed by atoms with Gasteiger partial charge in [-0.1, -0.05) is 0 Å². The average Bonchev–Trinajstić information content (AvgIpc) is 2.35. The van der Waals surface area contributed by atoms with Crippen LogP contribution < -0.4 is 10.1 Å². The van der Waals surface area contributed by atoms with Crippen molar-refractivity contribution < 1.29 is 42.2 Å². The molecule has 0 aliphatic heterocycles. The zero-order chi connectivity index (χ0) is 17.9. The molecule has 2 N–H and O–H groups in total. The van der Waals surface area contributed by atoms with E-state index in [1.54, 1.807) is 0 Å². The molecule has 0 saturated carbocycles. The number of carboxylic acid groups (broad SMARTS) is 1. The van der Waals surface area contributed by atoms with Crippen LogP contribution in [0.15, 0.2) is 12.1 Å². The Hall–Kier alpha value is -2.91. The second-order valence-corrected chi connectivity index (χ2v) is 4.30. The first kappa shape index (κ1) is 18.1. The lowest BCUT2D eigenvalue weighted by Gasteiger charge is -2.14. The van der Waals surface area contributed by atoms with Gasteiger partial charge in [0.15, 0.2) is 5.78 Å². The van der Waals surface area contributed by atoms with Gasteiger partial charge in [0.05, 0.1) is 16.8 Å². The molecule has 0 radical (unpaired) electrons. The molecule has 0 heterocycles. The first-order chi connectivity index (χ1) is 10.4. The summed E-state index contributed by atoms with van der Waals surface area (Å²) in [5.74, 6) is -6.13. The number of aromatic carboxylic acids is 1.